The maximum absolute atomic E-state index is 13.8. The number of nitrogens with zero attached hydrogens (tertiary/aromatic N) is 3. The van der Waals surface area contributed by atoms with Crippen LogP contribution in [-0.4, -0.2) is 57.5 Å². The van der Waals surface area contributed by atoms with Crippen molar-refractivity contribution < 1.29 is 26.9 Å². The SMILES string of the molecule is COc1cc(/C=N/N(CC2CCC2)C2=NS(=O)(=O)c3cc(B4OC(C)(C)C(C)(C)O4)ccc32)ccc1F. The van der Waals surface area contributed by atoms with Crippen LogP contribution in [-0.2, 0) is 19.3 Å². The minimum Gasteiger partial charge on any atom is -0.494 e. The molecule has 0 amide bonds. The molecule has 1 aliphatic carbocycles. The van der Waals surface area contributed by atoms with Gasteiger partial charge in [0.05, 0.1) is 24.5 Å². The molecule has 1 saturated heterocycles. The summed E-state index contributed by atoms with van der Waals surface area (Å²) >= 11 is 0. The zero-order valence-corrected chi connectivity index (χ0v) is 22.5. The number of hydrogen-bond donors (Lipinski definition) is 0. The zero-order chi connectivity index (χ0) is 26.6. The summed E-state index contributed by atoms with van der Waals surface area (Å²) in [4.78, 5) is 0.104. The third-order valence-corrected chi connectivity index (χ3v) is 8.99. The molecule has 8 nitrogen and oxygen atoms in total. The Morgan fingerprint density at radius 2 is 1.86 bits per heavy atom. The molecule has 0 bridgehead atoms. The van der Waals surface area contributed by atoms with E-state index >= 15 is 0 Å². The fourth-order valence-electron chi connectivity index (χ4n) is 4.46. The molecule has 0 unspecified atom stereocenters. The van der Waals surface area contributed by atoms with E-state index in [0.717, 1.165) is 19.3 Å². The first-order valence-corrected chi connectivity index (χ1v) is 13.8. The second-order valence-corrected chi connectivity index (χ2v) is 12.3. The highest BCUT2D eigenvalue weighted by molar-refractivity contribution is 7.90. The van der Waals surface area contributed by atoms with Crippen molar-refractivity contribution in [2.24, 2.45) is 15.4 Å². The van der Waals surface area contributed by atoms with Crippen LogP contribution >= 0.6 is 0 Å². The van der Waals surface area contributed by atoms with E-state index < -0.39 is 34.2 Å². The summed E-state index contributed by atoms with van der Waals surface area (Å²) in [5, 5.41) is 6.23. The second-order valence-electron chi connectivity index (χ2n) is 10.8. The molecule has 2 aliphatic heterocycles. The van der Waals surface area contributed by atoms with E-state index in [1.54, 1.807) is 35.5 Å². The molecule has 5 rings (SSSR count). The normalized spacial score (nSPS) is 21.6. The molecular weight excluding hydrogens is 496 g/mol. The Morgan fingerprint density at radius 3 is 2.49 bits per heavy atom. The number of ether oxygens (including phenoxy) is 1. The number of fused-ring (bicyclic) bond motifs is 1. The molecule has 0 N–H and O–H groups in total. The third-order valence-electron chi connectivity index (χ3n) is 7.68. The van der Waals surface area contributed by atoms with Crippen molar-refractivity contribution in [1.29, 1.82) is 0 Å². The maximum atomic E-state index is 13.8. The van der Waals surface area contributed by atoms with Crippen LogP contribution in [0.25, 0.3) is 0 Å². The van der Waals surface area contributed by atoms with Gasteiger partial charge in [-0.3, -0.25) is 0 Å². The fourth-order valence-corrected chi connectivity index (χ4v) is 5.70. The van der Waals surface area contributed by atoms with Crippen molar-refractivity contribution in [2.45, 2.75) is 63.1 Å². The average Bonchev–Trinajstić information content (AvgIpc) is 3.20. The van der Waals surface area contributed by atoms with Crippen LogP contribution in [0.4, 0.5) is 4.39 Å². The summed E-state index contributed by atoms with van der Waals surface area (Å²) in [5.74, 6) is 0.297. The van der Waals surface area contributed by atoms with E-state index in [9.17, 15) is 12.8 Å². The molecule has 1 saturated carbocycles. The molecule has 196 valence electrons. The summed E-state index contributed by atoms with van der Waals surface area (Å²) in [7, 11) is -3.23. The minimum atomic E-state index is -3.94. The van der Waals surface area contributed by atoms with Crippen molar-refractivity contribution in [1.82, 2.24) is 5.01 Å². The van der Waals surface area contributed by atoms with Crippen LogP contribution in [0.5, 0.6) is 5.75 Å². The Morgan fingerprint density at radius 1 is 1.16 bits per heavy atom. The van der Waals surface area contributed by atoms with Gasteiger partial charge in [0.15, 0.2) is 17.4 Å². The lowest BCUT2D eigenvalue weighted by atomic mass is 9.78. The quantitative estimate of drug-likeness (QED) is 0.323. The summed E-state index contributed by atoms with van der Waals surface area (Å²) in [6.45, 7) is 8.33. The van der Waals surface area contributed by atoms with E-state index in [1.807, 2.05) is 33.8 Å². The number of hydrazone groups is 1. The molecule has 2 aromatic carbocycles. The van der Waals surface area contributed by atoms with Gasteiger partial charge in [-0.05, 0) is 75.7 Å². The first kappa shape index (κ1) is 25.9. The first-order chi connectivity index (χ1) is 17.4. The average molecular weight is 527 g/mol. The van der Waals surface area contributed by atoms with E-state index in [2.05, 4.69) is 9.50 Å². The predicted octanol–water partition coefficient (Wildman–Crippen LogP) is 3.72. The number of halogens is 1. The highest BCUT2D eigenvalue weighted by atomic mass is 32.2. The Bertz CT molecular complexity index is 1370. The minimum absolute atomic E-state index is 0.104. The Kier molecular flexibility index (Phi) is 6.44. The highest BCUT2D eigenvalue weighted by Gasteiger charge is 2.52. The Balaban J connectivity index is 1.47. The summed E-state index contributed by atoms with van der Waals surface area (Å²) < 4.78 is 61.5. The van der Waals surface area contributed by atoms with Crippen molar-refractivity contribution in [2.75, 3.05) is 13.7 Å². The van der Waals surface area contributed by atoms with Crippen LogP contribution < -0.4 is 10.2 Å². The standard InChI is InChI=1S/C26H31BFN3O5S/c1-25(2)26(3,4)36-27(35-25)19-10-11-20-23(14-19)37(32,33)30-24(20)31(16-17-7-6-8-17)29-15-18-9-12-21(28)22(13-18)34-5/h9-15,17H,6-8,16H2,1-5H3/b29-15+. The molecule has 2 fully saturated rings. The number of hydrogen-bond acceptors (Lipinski definition) is 7. The lowest BCUT2D eigenvalue weighted by Crippen LogP contribution is -2.41. The van der Waals surface area contributed by atoms with Gasteiger partial charge >= 0.3 is 7.12 Å². The van der Waals surface area contributed by atoms with Crippen LogP contribution in [0.1, 0.15) is 58.1 Å². The number of rotatable bonds is 6. The van der Waals surface area contributed by atoms with Crippen LogP contribution in [0.15, 0.2) is 50.8 Å². The predicted molar refractivity (Wildman–Crippen MR) is 140 cm³/mol. The van der Waals surface area contributed by atoms with E-state index in [4.69, 9.17) is 14.0 Å². The lowest BCUT2D eigenvalue weighted by Gasteiger charge is -2.32. The maximum Gasteiger partial charge on any atom is 0.494 e. The van der Waals surface area contributed by atoms with Crippen molar-refractivity contribution in [3.8, 4) is 5.75 Å². The zero-order valence-electron chi connectivity index (χ0n) is 21.7. The molecule has 0 spiro atoms. The van der Waals surface area contributed by atoms with Crippen molar-refractivity contribution in [3.05, 3.63) is 53.3 Å². The number of methoxy groups -OCH3 is 1. The van der Waals surface area contributed by atoms with Gasteiger partial charge in [-0.2, -0.15) is 13.5 Å². The largest absolute Gasteiger partial charge is 0.494 e. The van der Waals surface area contributed by atoms with E-state index in [1.165, 1.54) is 13.2 Å². The molecule has 0 radical (unpaired) electrons. The van der Waals surface area contributed by atoms with Crippen molar-refractivity contribution >= 4 is 34.7 Å². The fraction of sp³-hybridized carbons (Fsp3) is 0.462. The van der Waals surface area contributed by atoms with Gasteiger partial charge in [-0.15, -0.1) is 4.40 Å². The molecular formula is C26H31BFN3O5S. The number of amidine groups is 1. The van der Waals surface area contributed by atoms with Crippen LogP contribution in [0.3, 0.4) is 0 Å². The smallest absolute Gasteiger partial charge is 0.494 e. The van der Waals surface area contributed by atoms with Crippen LogP contribution in [0.2, 0.25) is 0 Å². The molecule has 11 heteroatoms. The van der Waals surface area contributed by atoms with Gasteiger partial charge in [0, 0.05) is 12.1 Å². The van der Waals surface area contributed by atoms with Gasteiger partial charge in [0.1, 0.15) is 4.90 Å². The summed E-state index contributed by atoms with van der Waals surface area (Å²) in [6, 6.07) is 9.57. The van der Waals surface area contributed by atoms with Gasteiger partial charge in [-0.1, -0.05) is 24.6 Å². The Hall–Kier alpha value is -2.76. The molecule has 0 atom stereocenters. The molecule has 37 heavy (non-hydrogen) atoms. The summed E-state index contributed by atoms with van der Waals surface area (Å²) in [6.07, 6.45) is 4.79. The molecule has 3 aliphatic rings. The third kappa shape index (κ3) is 4.80. The highest BCUT2D eigenvalue weighted by Crippen LogP contribution is 2.37. The summed E-state index contributed by atoms with van der Waals surface area (Å²) in [5.41, 5.74) is 0.622. The van der Waals surface area contributed by atoms with E-state index in [0.29, 0.717) is 29.1 Å². The lowest BCUT2D eigenvalue weighted by molar-refractivity contribution is 0.00578. The van der Waals surface area contributed by atoms with Crippen LogP contribution in [0, 0.1) is 11.7 Å². The van der Waals surface area contributed by atoms with Gasteiger partial charge < -0.3 is 14.0 Å². The number of sulfonamides is 1. The second kappa shape index (κ2) is 9.22. The first-order valence-electron chi connectivity index (χ1n) is 12.4. The van der Waals surface area contributed by atoms with Gasteiger partial charge in [0.2, 0.25) is 0 Å². The van der Waals surface area contributed by atoms with Gasteiger partial charge in [-0.25, -0.2) is 9.40 Å². The molecule has 2 heterocycles. The van der Waals surface area contributed by atoms with Gasteiger partial charge in [0.25, 0.3) is 10.0 Å². The molecule has 0 aromatic heterocycles. The van der Waals surface area contributed by atoms with E-state index in [-0.39, 0.29) is 16.5 Å². The monoisotopic (exact) mass is 527 g/mol. The van der Waals surface area contributed by atoms with Crippen molar-refractivity contribution in [3.63, 3.8) is 0 Å². The Labute approximate surface area is 217 Å². The number of benzene rings is 2. The topological polar surface area (TPSA) is 89.8 Å². The molecule has 2 aromatic rings.